The van der Waals surface area contributed by atoms with Gasteiger partial charge in [0.2, 0.25) is 0 Å². The zero-order valence-corrected chi connectivity index (χ0v) is 18.3. The maximum atomic E-state index is 6.02. The van der Waals surface area contributed by atoms with Gasteiger partial charge in [-0.15, -0.1) is 0 Å². The van der Waals surface area contributed by atoms with Crippen LogP contribution in [0.4, 0.5) is 0 Å². The maximum absolute atomic E-state index is 6.02. The van der Waals surface area contributed by atoms with Crippen molar-refractivity contribution in [2.75, 3.05) is 32.8 Å². The Balaban J connectivity index is 1.79. The first-order chi connectivity index (χ1) is 14.1. The number of benzene rings is 1. The zero-order chi connectivity index (χ0) is 20.7. The van der Waals surface area contributed by atoms with Gasteiger partial charge in [-0.3, -0.25) is 9.67 Å². The van der Waals surface area contributed by atoms with Crippen LogP contribution in [-0.2, 0) is 17.2 Å². The van der Waals surface area contributed by atoms with Crippen molar-refractivity contribution in [2.45, 2.75) is 45.1 Å². The van der Waals surface area contributed by atoms with E-state index in [1.54, 1.807) is 0 Å². The smallest absolute Gasteiger partial charge is 0.194 e. The molecule has 1 unspecified atom stereocenters. The molecule has 1 fully saturated rings. The van der Waals surface area contributed by atoms with E-state index in [1.165, 1.54) is 5.56 Å². The summed E-state index contributed by atoms with van der Waals surface area (Å²) in [5.41, 5.74) is 2.56. The Kier molecular flexibility index (Phi) is 7.31. The number of morpholine rings is 1. The standard InChI is InChI=1S/C23H35N5O/c1-5-23(6-2,20-11-9-8-10-12-20)18-25-22(24-7-3)28-13-14-29-21(17-28)19-15-26-27(4)16-19/h8-12,15-16,21H,5-7,13-14,17-18H2,1-4H3,(H,24,25). The zero-order valence-electron chi connectivity index (χ0n) is 18.3. The molecule has 1 aromatic carbocycles. The molecule has 1 saturated heterocycles. The third kappa shape index (κ3) is 4.99. The first-order valence-corrected chi connectivity index (χ1v) is 10.8. The molecule has 2 aromatic rings. The largest absolute Gasteiger partial charge is 0.370 e. The lowest BCUT2D eigenvalue weighted by atomic mass is 9.76. The van der Waals surface area contributed by atoms with Crippen molar-refractivity contribution in [1.82, 2.24) is 20.0 Å². The molecule has 0 radical (unpaired) electrons. The predicted molar refractivity (Wildman–Crippen MR) is 118 cm³/mol. The van der Waals surface area contributed by atoms with Gasteiger partial charge in [0, 0.05) is 37.3 Å². The van der Waals surface area contributed by atoms with Gasteiger partial charge < -0.3 is 15.0 Å². The molecule has 29 heavy (non-hydrogen) atoms. The van der Waals surface area contributed by atoms with E-state index in [-0.39, 0.29) is 11.5 Å². The van der Waals surface area contributed by atoms with Gasteiger partial charge >= 0.3 is 0 Å². The van der Waals surface area contributed by atoms with Gasteiger partial charge in [-0.05, 0) is 25.3 Å². The van der Waals surface area contributed by atoms with E-state index in [9.17, 15) is 0 Å². The molecule has 158 valence electrons. The van der Waals surface area contributed by atoms with Crippen molar-refractivity contribution in [3.63, 3.8) is 0 Å². The highest BCUT2D eigenvalue weighted by molar-refractivity contribution is 5.80. The Hall–Kier alpha value is -2.34. The summed E-state index contributed by atoms with van der Waals surface area (Å²) in [4.78, 5) is 7.44. The van der Waals surface area contributed by atoms with Crippen molar-refractivity contribution in [2.24, 2.45) is 12.0 Å². The van der Waals surface area contributed by atoms with Crippen LogP contribution in [-0.4, -0.2) is 53.4 Å². The second-order valence-corrected chi connectivity index (χ2v) is 7.78. The fourth-order valence-corrected chi connectivity index (χ4v) is 4.07. The molecule has 6 nitrogen and oxygen atoms in total. The van der Waals surface area contributed by atoms with Crippen LogP contribution in [0.25, 0.3) is 0 Å². The van der Waals surface area contributed by atoms with Gasteiger partial charge in [0.15, 0.2) is 5.96 Å². The fourth-order valence-electron chi connectivity index (χ4n) is 4.07. The number of aliphatic imine (C=N–C) groups is 1. The number of hydrogen-bond donors (Lipinski definition) is 1. The van der Waals surface area contributed by atoms with Crippen LogP contribution in [0.2, 0.25) is 0 Å². The summed E-state index contributed by atoms with van der Waals surface area (Å²) in [5, 5.41) is 7.80. The second-order valence-electron chi connectivity index (χ2n) is 7.78. The Morgan fingerprint density at radius 3 is 2.62 bits per heavy atom. The molecule has 1 aliphatic rings. The van der Waals surface area contributed by atoms with Crippen LogP contribution in [0.1, 0.15) is 50.8 Å². The van der Waals surface area contributed by atoms with Gasteiger partial charge in [-0.25, -0.2) is 0 Å². The highest BCUT2D eigenvalue weighted by atomic mass is 16.5. The Morgan fingerprint density at radius 2 is 2.00 bits per heavy atom. The van der Waals surface area contributed by atoms with E-state index in [0.29, 0.717) is 6.61 Å². The Morgan fingerprint density at radius 1 is 1.24 bits per heavy atom. The summed E-state index contributed by atoms with van der Waals surface area (Å²) in [6.45, 7) is 10.6. The van der Waals surface area contributed by atoms with Crippen molar-refractivity contribution in [1.29, 1.82) is 0 Å². The molecule has 0 amide bonds. The average Bonchev–Trinajstić information content (AvgIpc) is 3.21. The van der Waals surface area contributed by atoms with Crippen LogP contribution in [0.3, 0.4) is 0 Å². The molecule has 2 heterocycles. The number of aryl methyl sites for hydroxylation is 1. The average molecular weight is 398 g/mol. The van der Waals surface area contributed by atoms with Crippen molar-refractivity contribution >= 4 is 5.96 Å². The first-order valence-electron chi connectivity index (χ1n) is 10.8. The number of guanidine groups is 1. The SMILES string of the molecule is CCNC(=NCC(CC)(CC)c1ccccc1)N1CCOC(c2cnn(C)c2)C1. The topological polar surface area (TPSA) is 54.7 Å². The Bertz CT molecular complexity index is 782. The van der Waals surface area contributed by atoms with E-state index in [1.807, 2.05) is 24.1 Å². The van der Waals surface area contributed by atoms with Crippen LogP contribution in [0.15, 0.2) is 47.7 Å². The summed E-state index contributed by atoms with van der Waals surface area (Å²) >= 11 is 0. The van der Waals surface area contributed by atoms with Gasteiger partial charge in [-0.2, -0.15) is 5.10 Å². The normalized spacial score (nSPS) is 18.1. The number of nitrogens with zero attached hydrogens (tertiary/aromatic N) is 4. The number of rotatable bonds is 7. The van der Waals surface area contributed by atoms with E-state index in [2.05, 4.69) is 66.4 Å². The lowest BCUT2D eigenvalue weighted by Crippen LogP contribution is -2.48. The summed E-state index contributed by atoms with van der Waals surface area (Å²) < 4.78 is 7.84. The van der Waals surface area contributed by atoms with E-state index in [4.69, 9.17) is 9.73 Å². The molecule has 1 atom stereocenters. The molecule has 1 aliphatic heterocycles. The molecule has 6 heteroatoms. The second kappa shape index (κ2) is 9.92. The summed E-state index contributed by atoms with van der Waals surface area (Å²) in [7, 11) is 1.94. The van der Waals surface area contributed by atoms with Crippen molar-refractivity contribution in [3.05, 3.63) is 53.9 Å². The highest BCUT2D eigenvalue weighted by Crippen LogP contribution is 2.32. The van der Waals surface area contributed by atoms with Crippen molar-refractivity contribution in [3.8, 4) is 0 Å². The Labute approximate surface area is 175 Å². The molecule has 1 N–H and O–H groups in total. The third-order valence-electron chi connectivity index (χ3n) is 6.07. The minimum Gasteiger partial charge on any atom is -0.370 e. The van der Waals surface area contributed by atoms with Crippen LogP contribution < -0.4 is 5.32 Å². The van der Waals surface area contributed by atoms with Crippen LogP contribution in [0, 0.1) is 0 Å². The number of hydrogen-bond acceptors (Lipinski definition) is 3. The minimum absolute atomic E-state index is 0.0255. The molecule has 0 bridgehead atoms. The number of aromatic nitrogens is 2. The molecular formula is C23H35N5O. The summed E-state index contributed by atoms with van der Waals surface area (Å²) in [6.07, 6.45) is 6.09. The third-order valence-corrected chi connectivity index (χ3v) is 6.07. The van der Waals surface area contributed by atoms with Crippen molar-refractivity contribution < 1.29 is 4.74 Å². The van der Waals surface area contributed by atoms with E-state index in [0.717, 1.165) is 50.5 Å². The molecular weight excluding hydrogens is 362 g/mol. The highest BCUT2D eigenvalue weighted by Gasteiger charge is 2.30. The molecule has 1 aromatic heterocycles. The molecule has 0 saturated carbocycles. The molecule has 3 rings (SSSR count). The van der Waals surface area contributed by atoms with Gasteiger partial charge in [0.1, 0.15) is 6.10 Å². The summed E-state index contributed by atoms with van der Waals surface area (Å²) in [5.74, 6) is 0.979. The van der Waals surface area contributed by atoms with Gasteiger partial charge in [0.05, 0.1) is 25.9 Å². The quantitative estimate of drug-likeness (QED) is 0.574. The molecule has 0 aliphatic carbocycles. The minimum atomic E-state index is 0.0255. The lowest BCUT2D eigenvalue weighted by molar-refractivity contribution is -0.00808. The molecule has 0 spiro atoms. The number of ether oxygens (including phenoxy) is 1. The lowest BCUT2D eigenvalue weighted by Gasteiger charge is -2.36. The maximum Gasteiger partial charge on any atom is 0.194 e. The van der Waals surface area contributed by atoms with Gasteiger partial charge in [-0.1, -0.05) is 44.2 Å². The number of nitrogens with one attached hydrogen (secondary N) is 1. The fraction of sp³-hybridized carbons (Fsp3) is 0.565. The van der Waals surface area contributed by atoms with E-state index < -0.39 is 0 Å². The monoisotopic (exact) mass is 397 g/mol. The van der Waals surface area contributed by atoms with Crippen LogP contribution >= 0.6 is 0 Å². The predicted octanol–water partition coefficient (Wildman–Crippen LogP) is 3.52. The first kappa shape index (κ1) is 21.4. The summed E-state index contributed by atoms with van der Waals surface area (Å²) in [6, 6.07) is 10.8. The van der Waals surface area contributed by atoms with Crippen LogP contribution in [0.5, 0.6) is 0 Å². The van der Waals surface area contributed by atoms with E-state index >= 15 is 0 Å². The van der Waals surface area contributed by atoms with Gasteiger partial charge in [0.25, 0.3) is 0 Å².